The molecule has 0 aliphatic heterocycles. The average Bonchev–Trinajstić information content (AvgIpc) is 2.76. The number of aryl methyl sites for hydroxylation is 2. The minimum atomic E-state index is -0.608. The van der Waals surface area contributed by atoms with E-state index in [1.54, 1.807) is 17.9 Å². The normalized spacial score (nSPS) is 13.0. The fourth-order valence-electron chi connectivity index (χ4n) is 1.45. The lowest BCUT2D eigenvalue weighted by atomic mass is 10.1. The summed E-state index contributed by atoms with van der Waals surface area (Å²) in [5.41, 5.74) is 1.76. The summed E-state index contributed by atoms with van der Waals surface area (Å²) in [6.45, 7) is 1.93. The Hall–Kier alpha value is -0.910. The van der Waals surface area contributed by atoms with Crippen LogP contribution in [-0.2, 0) is 13.5 Å². The number of aromatic nitrogens is 3. The number of rotatable bonds is 3. The van der Waals surface area contributed by atoms with Gasteiger partial charge < -0.3 is 5.11 Å². The summed E-state index contributed by atoms with van der Waals surface area (Å²) in [5.74, 6) is 0. The molecule has 0 aliphatic rings. The number of thiophene rings is 1. The molecule has 2 aromatic heterocycles. The first kappa shape index (κ1) is 11.6. The molecular formula is C10H12ClN3OS. The summed E-state index contributed by atoms with van der Waals surface area (Å²) in [4.78, 5) is 0.796. The molecule has 0 spiro atoms. The minimum Gasteiger partial charge on any atom is -0.387 e. The van der Waals surface area contributed by atoms with E-state index in [1.807, 2.05) is 12.3 Å². The highest BCUT2D eigenvalue weighted by molar-refractivity contribution is 7.10. The van der Waals surface area contributed by atoms with E-state index >= 15 is 0 Å². The van der Waals surface area contributed by atoms with Crippen molar-refractivity contribution in [2.75, 3.05) is 0 Å². The van der Waals surface area contributed by atoms with Gasteiger partial charge in [-0.15, -0.1) is 16.4 Å². The van der Waals surface area contributed by atoms with Gasteiger partial charge in [0.25, 0.3) is 0 Å². The Morgan fingerprint density at radius 2 is 2.38 bits per heavy atom. The van der Waals surface area contributed by atoms with Gasteiger partial charge in [-0.05, 0) is 17.9 Å². The third-order valence-corrected chi connectivity index (χ3v) is 4.10. The van der Waals surface area contributed by atoms with Crippen LogP contribution in [-0.4, -0.2) is 20.1 Å². The van der Waals surface area contributed by atoms with Gasteiger partial charge in [0.15, 0.2) is 0 Å². The zero-order chi connectivity index (χ0) is 11.7. The summed E-state index contributed by atoms with van der Waals surface area (Å²) in [5, 5.41) is 20.4. The Morgan fingerprint density at radius 3 is 2.88 bits per heavy atom. The molecule has 0 amide bonds. The van der Waals surface area contributed by atoms with Crippen LogP contribution in [0.15, 0.2) is 11.6 Å². The first-order valence-corrected chi connectivity index (χ1v) is 6.10. The molecule has 86 valence electrons. The second-order valence-corrected chi connectivity index (χ2v) is 4.99. The van der Waals surface area contributed by atoms with E-state index in [2.05, 4.69) is 10.3 Å². The fraction of sp³-hybridized carbons (Fsp3) is 0.400. The molecule has 0 radical (unpaired) electrons. The standard InChI is InChI=1S/C10H12ClN3OS/c1-6-5-16-10(9(6)11)8(15)3-7-4-14(2)13-12-7/h4-5,8,15H,3H2,1-2H3. The first-order valence-electron chi connectivity index (χ1n) is 4.84. The highest BCUT2D eigenvalue weighted by Gasteiger charge is 2.17. The van der Waals surface area contributed by atoms with Crippen LogP contribution in [0, 0.1) is 6.92 Å². The average molecular weight is 258 g/mol. The Bertz CT molecular complexity index is 494. The van der Waals surface area contributed by atoms with Crippen molar-refractivity contribution in [3.05, 3.63) is 32.7 Å². The van der Waals surface area contributed by atoms with Crippen LogP contribution in [0.1, 0.15) is 22.2 Å². The monoisotopic (exact) mass is 257 g/mol. The van der Waals surface area contributed by atoms with Gasteiger partial charge in [0.05, 0.1) is 21.7 Å². The smallest absolute Gasteiger partial charge is 0.0953 e. The molecule has 6 heteroatoms. The number of halogens is 1. The Kier molecular flexibility index (Phi) is 3.28. The highest BCUT2D eigenvalue weighted by Crippen LogP contribution is 2.33. The largest absolute Gasteiger partial charge is 0.387 e. The second-order valence-electron chi connectivity index (χ2n) is 3.70. The van der Waals surface area contributed by atoms with E-state index in [-0.39, 0.29) is 0 Å². The highest BCUT2D eigenvalue weighted by atomic mass is 35.5. The van der Waals surface area contributed by atoms with Crippen molar-refractivity contribution in [3.63, 3.8) is 0 Å². The quantitative estimate of drug-likeness (QED) is 0.916. The predicted octanol–water partition coefficient (Wildman–Crippen LogP) is 2.11. The molecule has 16 heavy (non-hydrogen) atoms. The van der Waals surface area contributed by atoms with Crippen LogP contribution >= 0.6 is 22.9 Å². The lowest BCUT2D eigenvalue weighted by Crippen LogP contribution is -2.00. The van der Waals surface area contributed by atoms with Gasteiger partial charge in [0.1, 0.15) is 0 Å². The van der Waals surface area contributed by atoms with E-state index in [0.717, 1.165) is 16.1 Å². The molecule has 2 aromatic rings. The van der Waals surface area contributed by atoms with Gasteiger partial charge in [0, 0.05) is 19.7 Å². The van der Waals surface area contributed by atoms with Crippen LogP contribution in [0.5, 0.6) is 0 Å². The third kappa shape index (κ3) is 2.26. The van der Waals surface area contributed by atoms with Crippen molar-refractivity contribution < 1.29 is 5.11 Å². The fourth-order valence-corrected chi connectivity index (χ4v) is 2.76. The van der Waals surface area contributed by atoms with Gasteiger partial charge in [-0.25, -0.2) is 0 Å². The molecule has 0 bridgehead atoms. The Morgan fingerprint density at radius 1 is 1.62 bits per heavy atom. The summed E-state index contributed by atoms with van der Waals surface area (Å²) >= 11 is 7.56. The van der Waals surface area contributed by atoms with Gasteiger partial charge >= 0.3 is 0 Å². The van der Waals surface area contributed by atoms with Gasteiger partial charge in [-0.2, -0.15) is 0 Å². The SMILES string of the molecule is Cc1csc(C(O)Cc2cn(C)nn2)c1Cl. The zero-order valence-electron chi connectivity index (χ0n) is 9.01. The number of hydrogen-bond acceptors (Lipinski definition) is 4. The van der Waals surface area contributed by atoms with Crippen LogP contribution in [0.25, 0.3) is 0 Å². The van der Waals surface area contributed by atoms with Crippen molar-refractivity contribution in [1.29, 1.82) is 0 Å². The molecule has 2 rings (SSSR count). The summed E-state index contributed by atoms with van der Waals surface area (Å²) in [6, 6.07) is 0. The first-order chi connectivity index (χ1) is 7.58. The van der Waals surface area contributed by atoms with Crippen molar-refractivity contribution in [2.45, 2.75) is 19.4 Å². The molecule has 1 unspecified atom stereocenters. The molecule has 0 aliphatic carbocycles. The van der Waals surface area contributed by atoms with Gasteiger partial charge in [-0.1, -0.05) is 16.8 Å². The lowest BCUT2D eigenvalue weighted by Gasteiger charge is -2.06. The maximum absolute atomic E-state index is 10.0. The van der Waals surface area contributed by atoms with Crippen molar-refractivity contribution >= 4 is 22.9 Å². The number of aliphatic hydroxyl groups is 1. The van der Waals surface area contributed by atoms with Crippen LogP contribution in [0.4, 0.5) is 0 Å². The lowest BCUT2D eigenvalue weighted by molar-refractivity contribution is 0.181. The molecule has 4 nitrogen and oxygen atoms in total. The van der Waals surface area contributed by atoms with Crippen LogP contribution < -0.4 is 0 Å². The van der Waals surface area contributed by atoms with Crippen molar-refractivity contribution in [3.8, 4) is 0 Å². The summed E-state index contributed by atoms with van der Waals surface area (Å²) < 4.78 is 1.61. The molecule has 0 fully saturated rings. The maximum atomic E-state index is 10.0. The molecule has 1 N–H and O–H groups in total. The number of nitrogens with zero attached hydrogens (tertiary/aromatic N) is 3. The molecule has 2 heterocycles. The Balaban J connectivity index is 2.14. The van der Waals surface area contributed by atoms with E-state index in [4.69, 9.17) is 11.6 Å². The molecular weight excluding hydrogens is 246 g/mol. The van der Waals surface area contributed by atoms with Crippen molar-refractivity contribution in [2.24, 2.45) is 7.05 Å². The molecule has 0 saturated heterocycles. The topological polar surface area (TPSA) is 50.9 Å². The molecule has 0 saturated carbocycles. The van der Waals surface area contributed by atoms with E-state index < -0.39 is 6.10 Å². The third-order valence-electron chi connectivity index (χ3n) is 2.28. The van der Waals surface area contributed by atoms with Gasteiger partial charge in [0.2, 0.25) is 0 Å². The maximum Gasteiger partial charge on any atom is 0.0953 e. The van der Waals surface area contributed by atoms with E-state index in [0.29, 0.717) is 11.4 Å². The summed E-state index contributed by atoms with van der Waals surface area (Å²) in [6.07, 6.45) is 1.62. The predicted molar refractivity (Wildman–Crippen MR) is 63.7 cm³/mol. The zero-order valence-corrected chi connectivity index (χ0v) is 10.6. The number of aliphatic hydroxyl groups excluding tert-OH is 1. The second kappa shape index (κ2) is 4.53. The van der Waals surface area contributed by atoms with E-state index in [1.165, 1.54) is 11.3 Å². The summed E-state index contributed by atoms with van der Waals surface area (Å²) in [7, 11) is 1.80. The number of hydrogen-bond donors (Lipinski definition) is 1. The molecule has 1 atom stereocenters. The minimum absolute atomic E-state index is 0.438. The van der Waals surface area contributed by atoms with Crippen LogP contribution in [0.2, 0.25) is 5.02 Å². The molecule has 0 aromatic carbocycles. The Labute approximate surface area is 102 Å². The van der Waals surface area contributed by atoms with Crippen LogP contribution in [0.3, 0.4) is 0 Å². The van der Waals surface area contributed by atoms with Crippen molar-refractivity contribution in [1.82, 2.24) is 15.0 Å². The van der Waals surface area contributed by atoms with Gasteiger partial charge in [-0.3, -0.25) is 4.68 Å². The van der Waals surface area contributed by atoms with E-state index in [9.17, 15) is 5.11 Å².